The van der Waals surface area contributed by atoms with E-state index in [1.807, 2.05) is 0 Å². The molecule has 0 aliphatic carbocycles. The summed E-state index contributed by atoms with van der Waals surface area (Å²) in [6, 6.07) is 1.71. The number of hydrogen-bond donors (Lipinski definition) is 1. The van der Waals surface area contributed by atoms with Crippen LogP contribution in [0.1, 0.15) is 49.9 Å². The van der Waals surface area contributed by atoms with Crippen molar-refractivity contribution in [3.05, 3.63) is 17.5 Å². The standard InChI is InChI=1S/C15H26IN3O2/c1-5-15(6-2,11-19(4)7-3)10-17-14(20)13-8-12(9-16)21-18-13/h8H,5-7,9-11H2,1-4H3,(H,17,20). The number of halogens is 1. The molecule has 0 saturated heterocycles. The summed E-state index contributed by atoms with van der Waals surface area (Å²) in [5.41, 5.74) is 0.475. The highest BCUT2D eigenvalue weighted by Crippen LogP contribution is 2.26. The minimum absolute atomic E-state index is 0.107. The lowest BCUT2D eigenvalue weighted by Gasteiger charge is -2.35. The zero-order valence-electron chi connectivity index (χ0n) is 13.4. The van der Waals surface area contributed by atoms with E-state index < -0.39 is 0 Å². The number of nitrogens with zero attached hydrogens (tertiary/aromatic N) is 2. The van der Waals surface area contributed by atoms with Gasteiger partial charge in [-0.05, 0) is 31.8 Å². The molecule has 1 rings (SSSR count). The summed E-state index contributed by atoms with van der Waals surface area (Å²) in [6.07, 6.45) is 2.07. The Hall–Kier alpha value is -0.630. The second-order valence-electron chi connectivity index (χ2n) is 5.53. The van der Waals surface area contributed by atoms with Crippen molar-refractivity contribution in [1.82, 2.24) is 15.4 Å². The predicted octanol–water partition coefficient (Wildman–Crippen LogP) is 3.10. The molecule has 6 heteroatoms. The second kappa shape index (κ2) is 8.73. The Bertz CT molecular complexity index is 444. The molecule has 0 bridgehead atoms. The van der Waals surface area contributed by atoms with Gasteiger partial charge in [-0.15, -0.1) is 0 Å². The van der Waals surface area contributed by atoms with Gasteiger partial charge >= 0.3 is 0 Å². The number of hydrogen-bond acceptors (Lipinski definition) is 4. The fourth-order valence-corrected chi connectivity index (χ4v) is 2.66. The maximum Gasteiger partial charge on any atom is 0.273 e. The summed E-state index contributed by atoms with van der Waals surface area (Å²) >= 11 is 2.18. The molecular formula is C15H26IN3O2. The van der Waals surface area contributed by atoms with E-state index in [1.54, 1.807) is 6.07 Å². The van der Waals surface area contributed by atoms with Gasteiger partial charge in [0.05, 0.1) is 4.43 Å². The van der Waals surface area contributed by atoms with Crippen LogP contribution in [0.25, 0.3) is 0 Å². The molecule has 5 nitrogen and oxygen atoms in total. The highest BCUT2D eigenvalue weighted by atomic mass is 127. The highest BCUT2D eigenvalue weighted by Gasteiger charge is 2.28. The zero-order chi connectivity index (χ0) is 15.9. The summed E-state index contributed by atoms with van der Waals surface area (Å²) in [6.45, 7) is 9.17. The van der Waals surface area contributed by atoms with Crippen LogP contribution in [-0.4, -0.2) is 42.6 Å². The summed E-state index contributed by atoms with van der Waals surface area (Å²) in [4.78, 5) is 14.5. The van der Waals surface area contributed by atoms with E-state index in [0.29, 0.717) is 16.7 Å². The summed E-state index contributed by atoms with van der Waals surface area (Å²) in [5, 5.41) is 6.83. The van der Waals surface area contributed by atoms with Crippen LogP contribution >= 0.6 is 22.6 Å². The molecule has 0 fully saturated rings. The van der Waals surface area contributed by atoms with Crippen LogP contribution in [0.2, 0.25) is 0 Å². The highest BCUT2D eigenvalue weighted by molar-refractivity contribution is 14.1. The second-order valence-corrected chi connectivity index (χ2v) is 6.30. The van der Waals surface area contributed by atoms with E-state index >= 15 is 0 Å². The first-order valence-electron chi connectivity index (χ1n) is 7.48. The third kappa shape index (κ3) is 5.25. The summed E-state index contributed by atoms with van der Waals surface area (Å²) in [7, 11) is 2.12. The number of rotatable bonds is 9. The monoisotopic (exact) mass is 407 g/mol. The van der Waals surface area contributed by atoms with Crippen molar-refractivity contribution in [2.75, 3.05) is 26.7 Å². The van der Waals surface area contributed by atoms with Crippen LogP contribution < -0.4 is 5.32 Å². The topological polar surface area (TPSA) is 58.4 Å². The molecule has 0 unspecified atom stereocenters. The van der Waals surface area contributed by atoms with Crippen LogP contribution in [0.3, 0.4) is 0 Å². The van der Waals surface area contributed by atoms with E-state index in [-0.39, 0.29) is 11.3 Å². The van der Waals surface area contributed by atoms with Crippen LogP contribution in [0, 0.1) is 5.41 Å². The molecule has 1 amide bonds. The molecule has 0 atom stereocenters. The molecule has 0 aliphatic heterocycles. The molecule has 120 valence electrons. The first-order chi connectivity index (χ1) is 10.00. The number of amides is 1. The van der Waals surface area contributed by atoms with E-state index in [1.165, 1.54) is 0 Å². The quantitative estimate of drug-likeness (QED) is 0.505. The zero-order valence-corrected chi connectivity index (χ0v) is 15.6. The summed E-state index contributed by atoms with van der Waals surface area (Å²) < 4.78 is 5.79. The van der Waals surface area contributed by atoms with E-state index in [4.69, 9.17) is 4.52 Å². The minimum atomic E-state index is -0.153. The Morgan fingerprint density at radius 2 is 2.10 bits per heavy atom. The Balaban J connectivity index is 2.65. The molecule has 0 aliphatic rings. The van der Waals surface area contributed by atoms with Gasteiger partial charge in [-0.1, -0.05) is 48.5 Å². The van der Waals surface area contributed by atoms with E-state index in [2.05, 4.69) is 65.8 Å². The minimum Gasteiger partial charge on any atom is -0.360 e. The number of alkyl halides is 1. The van der Waals surface area contributed by atoms with Gasteiger partial charge in [-0.3, -0.25) is 4.79 Å². The van der Waals surface area contributed by atoms with Gasteiger partial charge in [-0.25, -0.2) is 0 Å². The first kappa shape index (κ1) is 18.4. The number of carbonyl (C=O) groups is 1. The number of carbonyl (C=O) groups excluding carboxylic acids is 1. The average Bonchev–Trinajstić information content (AvgIpc) is 3.00. The van der Waals surface area contributed by atoms with Gasteiger partial charge in [0.15, 0.2) is 5.69 Å². The van der Waals surface area contributed by atoms with Gasteiger partial charge in [0, 0.05) is 19.2 Å². The lowest BCUT2D eigenvalue weighted by atomic mass is 9.81. The van der Waals surface area contributed by atoms with Gasteiger partial charge in [-0.2, -0.15) is 0 Å². The SMILES string of the molecule is CCN(C)CC(CC)(CC)CNC(=O)c1cc(CI)on1. The van der Waals surface area contributed by atoms with Gasteiger partial charge in [0.2, 0.25) is 0 Å². The van der Waals surface area contributed by atoms with E-state index in [9.17, 15) is 4.79 Å². The Morgan fingerprint density at radius 1 is 1.43 bits per heavy atom. The average molecular weight is 407 g/mol. The first-order valence-corrected chi connectivity index (χ1v) is 9.01. The lowest BCUT2D eigenvalue weighted by molar-refractivity contribution is 0.0895. The van der Waals surface area contributed by atoms with Crippen LogP contribution in [-0.2, 0) is 4.43 Å². The Morgan fingerprint density at radius 3 is 2.57 bits per heavy atom. The van der Waals surface area contributed by atoms with Crippen LogP contribution in [0.4, 0.5) is 0 Å². The molecule has 21 heavy (non-hydrogen) atoms. The van der Waals surface area contributed by atoms with Crippen LogP contribution in [0.15, 0.2) is 10.6 Å². The van der Waals surface area contributed by atoms with Crippen molar-refractivity contribution in [3.8, 4) is 0 Å². The van der Waals surface area contributed by atoms with Crippen molar-refractivity contribution in [2.24, 2.45) is 5.41 Å². The fraction of sp³-hybridized carbons (Fsp3) is 0.733. The third-order valence-corrected chi connectivity index (χ3v) is 4.94. The number of nitrogens with one attached hydrogen (secondary N) is 1. The van der Waals surface area contributed by atoms with Crippen molar-refractivity contribution in [2.45, 2.75) is 38.0 Å². The van der Waals surface area contributed by atoms with E-state index in [0.717, 1.165) is 31.7 Å². The molecule has 0 saturated carbocycles. The maximum absolute atomic E-state index is 12.2. The largest absolute Gasteiger partial charge is 0.360 e. The van der Waals surface area contributed by atoms with Gasteiger partial charge < -0.3 is 14.7 Å². The van der Waals surface area contributed by atoms with Crippen molar-refractivity contribution >= 4 is 28.5 Å². The molecule has 1 aromatic rings. The molecule has 0 spiro atoms. The van der Waals surface area contributed by atoms with Crippen molar-refractivity contribution in [3.63, 3.8) is 0 Å². The normalized spacial score (nSPS) is 11.9. The maximum atomic E-state index is 12.2. The summed E-state index contributed by atoms with van der Waals surface area (Å²) in [5.74, 6) is 0.573. The molecule has 1 aromatic heterocycles. The van der Waals surface area contributed by atoms with Gasteiger partial charge in [0.1, 0.15) is 5.76 Å². The molecular weight excluding hydrogens is 381 g/mol. The van der Waals surface area contributed by atoms with Crippen molar-refractivity contribution < 1.29 is 9.32 Å². The Labute approximate surface area is 141 Å². The fourth-order valence-electron chi connectivity index (χ4n) is 2.31. The van der Waals surface area contributed by atoms with Crippen molar-refractivity contribution in [1.29, 1.82) is 0 Å². The third-order valence-electron chi connectivity index (χ3n) is 4.19. The smallest absolute Gasteiger partial charge is 0.273 e. The molecule has 0 aromatic carbocycles. The molecule has 1 N–H and O–H groups in total. The molecule has 0 radical (unpaired) electrons. The molecule has 1 heterocycles. The van der Waals surface area contributed by atoms with Crippen LogP contribution in [0.5, 0.6) is 0 Å². The Kier molecular flexibility index (Phi) is 7.65. The number of aromatic nitrogens is 1. The predicted molar refractivity (Wildman–Crippen MR) is 92.7 cm³/mol. The lowest BCUT2D eigenvalue weighted by Crippen LogP contribution is -2.44. The van der Waals surface area contributed by atoms with Gasteiger partial charge in [0.25, 0.3) is 5.91 Å².